The van der Waals surface area contributed by atoms with Gasteiger partial charge in [-0.2, -0.15) is 0 Å². The molecule has 0 heterocycles. The highest BCUT2D eigenvalue weighted by Crippen LogP contribution is 2.34. The number of carbonyl (C=O) groups is 2. The van der Waals surface area contributed by atoms with Crippen LogP contribution >= 0.6 is 0 Å². The van der Waals surface area contributed by atoms with Crippen LogP contribution in [0.1, 0.15) is 72.6 Å². The largest absolute Gasteiger partial charge is 0.468 e. The number of methoxy groups -OCH3 is 1. The minimum Gasteiger partial charge on any atom is -0.468 e. The number of hydrogen-bond acceptors (Lipinski definition) is 3. The molecule has 0 bridgehead atoms. The van der Waals surface area contributed by atoms with Crippen LogP contribution < -0.4 is 5.32 Å². The second kappa shape index (κ2) is 15.0. The lowest BCUT2D eigenvalue weighted by atomic mass is 9.93. The maximum absolute atomic E-state index is 10.2. The Balaban J connectivity index is 0. The van der Waals surface area contributed by atoms with E-state index in [2.05, 4.69) is 18.2 Å². The lowest BCUT2D eigenvalue weighted by Crippen LogP contribution is -2.28. The quantitative estimate of drug-likeness (QED) is 0.543. The molecule has 2 N–H and O–H groups in total. The summed E-state index contributed by atoms with van der Waals surface area (Å²) in [5, 5.41) is 9.78. The topological polar surface area (TPSA) is 75.6 Å². The number of nitrogens with one attached hydrogen (secondary N) is 1. The highest BCUT2D eigenvalue weighted by atomic mass is 16.5. The van der Waals surface area contributed by atoms with Gasteiger partial charge in [0.1, 0.15) is 6.54 Å². The van der Waals surface area contributed by atoms with Crippen molar-refractivity contribution in [2.45, 2.75) is 71.1 Å². The highest BCUT2D eigenvalue weighted by Gasteiger charge is 2.21. The van der Waals surface area contributed by atoms with Crippen molar-refractivity contribution >= 4 is 12.1 Å². The molecule has 1 amide bonds. The number of amides is 1. The van der Waals surface area contributed by atoms with Gasteiger partial charge in [-0.3, -0.25) is 4.79 Å². The molecule has 0 unspecified atom stereocenters. The van der Waals surface area contributed by atoms with Crippen LogP contribution in [0, 0.1) is 11.8 Å². The Bertz CT molecular complexity index is 352. The van der Waals surface area contributed by atoms with Crippen molar-refractivity contribution in [1.29, 1.82) is 0 Å². The predicted molar refractivity (Wildman–Crippen MR) is 99.2 cm³/mol. The zero-order chi connectivity index (χ0) is 18.2. The summed E-state index contributed by atoms with van der Waals surface area (Å²) in [5.74, 6) is 1.40. The summed E-state index contributed by atoms with van der Waals surface area (Å²) in [7, 11) is 1.19. The molecule has 0 aromatic carbocycles. The van der Waals surface area contributed by atoms with E-state index < -0.39 is 12.1 Å². The molecule has 5 nitrogen and oxygen atoms in total. The van der Waals surface area contributed by atoms with Crippen molar-refractivity contribution in [3.8, 4) is 0 Å². The molecule has 2 fully saturated rings. The molecule has 0 aromatic rings. The zero-order valence-corrected chi connectivity index (χ0v) is 15.4. The van der Waals surface area contributed by atoms with Gasteiger partial charge in [0.05, 0.1) is 7.11 Å². The Morgan fingerprint density at radius 2 is 1.79 bits per heavy atom. The Morgan fingerprint density at radius 3 is 2.17 bits per heavy atom. The van der Waals surface area contributed by atoms with Crippen LogP contribution in [-0.4, -0.2) is 30.8 Å². The van der Waals surface area contributed by atoms with Crippen molar-refractivity contribution in [3.63, 3.8) is 0 Å². The molecular weight excluding hydrogens is 306 g/mol. The maximum Gasteiger partial charge on any atom is 0.405 e. The maximum atomic E-state index is 10.2. The smallest absolute Gasteiger partial charge is 0.405 e. The standard InChI is InChI=1S/C10H18.C5H10.C4H7NO4.H2/c1-3-4-7-10-8-5-6-9(10)2;1-2-4-5-3-1;1-9-3(6)2-5-4(7)8;/h3,9-10H,1,4-8H2,2H3;1-5H2;5H,2H2,1H3,(H,7,8);1H/t9-,10+;;;/m0.../s1. The summed E-state index contributed by atoms with van der Waals surface area (Å²) in [4.78, 5) is 19.9. The van der Waals surface area contributed by atoms with E-state index in [-0.39, 0.29) is 7.97 Å². The molecule has 2 aliphatic rings. The van der Waals surface area contributed by atoms with E-state index in [1.54, 1.807) is 0 Å². The van der Waals surface area contributed by atoms with Crippen molar-refractivity contribution in [2.75, 3.05) is 13.7 Å². The van der Waals surface area contributed by atoms with Gasteiger partial charge in [0.15, 0.2) is 0 Å². The first kappa shape index (κ1) is 22.5. The van der Waals surface area contributed by atoms with E-state index in [0.717, 1.165) is 11.8 Å². The zero-order valence-electron chi connectivity index (χ0n) is 15.4. The summed E-state index contributed by atoms with van der Waals surface area (Å²) in [6.45, 7) is 5.84. The number of ether oxygens (including phenoxy) is 1. The summed E-state index contributed by atoms with van der Waals surface area (Å²) in [6.07, 6.45) is 15.3. The minimum atomic E-state index is -1.24. The Kier molecular flexibility index (Phi) is 14.1. The van der Waals surface area contributed by atoms with Crippen molar-refractivity contribution < 1.29 is 20.9 Å². The Morgan fingerprint density at radius 1 is 1.21 bits per heavy atom. The fraction of sp³-hybridized carbons (Fsp3) is 0.789. The van der Waals surface area contributed by atoms with Crippen molar-refractivity contribution in [1.82, 2.24) is 5.32 Å². The van der Waals surface area contributed by atoms with Crippen LogP contribution in [0.25, 0.3) is 0 Å². The van der Waals surface area contributed by atoms with Gasteiger partial charge in [-0.15, -0.1) is 6.58 Å². The number of allylic oxidation sites excluding steroid dienone is 1. The van der Waals surface area contributed by atoms with Gasteiger partial charge in [-0.05, 0) is 24.7 Å². The minimum absolute atomic E-state index is 0. The summed E-state index contributed by atoms with van der Waals surface area (Å²) < 4.78 is 4.14. The van der Waals surface area contributed by atoms with Crippen molar-refractivity contribution in [2.24, 2.45) is 11.8 Å². The molecular formula is C19H37NO4. The van der Waals surface area contributed by atoms with Gasteiger partial charge in [0.2, 0.25) is 0 Å². The fourth-order valence-electron chi connectivity index (χ4n) is 3.09. The summed E-state index contributed by atoms with van der Waals surface area (Å²) >= 11 is 0. The van der Waals surface area contributed by atoms with E-state index in [1.165, 1.54) is 71.3 Å². The first-order chi connectivity index (χ1) is 11.5. The van der Waals surface area contributed by atoms with Crippen LogP contribution in [-0.2, 0) is 9.53 Å². The third-order valence-electron chi connectivity index (χ3n) is 4.64. The van der Waals surface area contributed by atoms with E-state index in [4.69, 9.17) is 5.11 Å². The molecule has 2 atom stereocenters. The molecule has 24 heavy (non-hydrogen) atoms. The van der Waals surface area contributed by atoms with Crippen LogP contribution in [0.2, 0.25) is 0 Å². The first-order valence-corrected chi connectivity index (χ1v) is 9.15. The molecule has 0 saturated heterocycles. The predicted octanol–water partition coefficient (Wildman–Crippen LogP) is 5.01. The first-order valence-electron chi connectivity index (χ1n) is 9.15. The van der Waals surface area contributed by atoms with Crippen molar-refractivity contribution in [3.05, 3.63) is 12.7 Å². The Labute approximate surface area is 148 Å². The Hall–Kier alpha value is -1.52. The van der Waals surface area contributed by atoms with E-state index >= 15 is 0 Å². The third-order valence-corrected chi connectivity index (χ3v) is 4.64. The summed E-state index contributed by atoms with van der Waals surface area (Å²) in [6, 6.07) is 0. The highest BCUT2D eigenvalue weighted by molar-refractivity contribution is 5.76. The molecule has 0 aromatic heterocycles. The van der Waals surface area contributed by atoms with Crippen LogP contribution in [0.3, 0.4) is 0 Å². The number of esters is 1. The molecule has 0 radical (unpaired) electrons. The molecule has 5 heteroatoms. The van der Waals surface area contributed by atoms with Crippen LogP contribution in [0.5, 0.6) is 0 Å². The van der Waals surface area contributed by atoms with Gasteiger partial charge < -0.3 is 15.2 Å². The average Bonchev–Trinajstić information content (AvgIpc) is 3.26. The second-order valence-corrected chi connectivity index (χ2v) is 6.54. The van der Waals surface area contributed by atoms with Gasteiger partial charge in [0, 0.05) is 1.43 Å². The monoisotopic (exact) mass is 343 g/mol. The van der Waals surface area contributed by atoms with E-state index in [1.807, 2.05) is 11.4 Å². The normalized spacial score (nSPS) is 21.6. The molecule has 0 aliphatic heterocycles. The van der Waals surface area contributed by atoms with E-state index in [0.29, 0.717) is 0 Å². The number of carbonyl (C=O) groups excluding carboxylic acids is 1. The third kappa shape index (κ3) is 13.0. The lowest BCUT2D eigenvalue weighted by Gasteiger charge is -2.12. The number of carboxylic acid groups (broad SMARTS) is 1. The SMILES string of the molecule is C1CCCC1.C=CCC[C@@H]1CCC[C@@H]1C.COC(=O)CNC(=O)O.[HH]. The molecule has 142 valence electrons. The van der Waals surface area contributed by atoms with Gasteiger partial charge in [-0.25, -0.2) is 4.79 Å². The average molecular weight is 344 g/mol. The number of hydrogen-bond donors (Lipinski definition) is 2. The lowest BCUT2D eigenvalue weighted by molar-refractivity contribution is -0.139. The molecule has 0 spiro atoms. The van der Waals surface area contributed by atoms with Crippen LogP contribution in [0.15, 0.2) is 12.7 Å². The van der Waals surface area contributed by atoms with Crippen LogP contribution in [0.4, 0.5) is 4.79 Å². The van der Waals surface area contributed by atoms with E-state index in [9.17, 15) is 9.59 Å². The van der Waals surface area contributed by atoms with Gasteiger partial charge in [0.25, 0.3) is 0 Å². The fourth-order valence-corrected chi connectivity index (χ4v) is 3.09. The molecule has 2 rings (SSSR count). The molecule has 2 aliphatic carbocycles. The second-order valence-electron chi connectivity index (χ2n) is 6.54. The van der Waals surface area contributed by atoms with Gasteiger partial charge >= 0.3 is 12.1 Å². The number of rotatable bonds is 5. The molecule has 2 saturated carbocycles. The summed E-state index contributed by atoms with van der Waals surface area (Å²) in [5.41, 5.74) is 0. The van der Waals surface area contributed by atoms with Gasteiger partial charge in [-0.1, -0.05) is 64.4 Å².